The van der Waals surface area contributed by atoms with E-state index in [-0.39, 0.29) is 12.7 Å². The summed E-state index contributed by atoms with van der Waals surface area (Å²) in [6.45, 7) is 0.217. The van der Waals surface area contributed by atoms with E-state index in [9.17, 15) is 4.79 Å². The lowest BCUT2D eigenvalue weighted by molar-refractivity contribution is 0.119. The minimum absolute atomic E-state index is 0.217. The third-order valence-corrected chi connectivity index (χ3v) is 4.20. The normalized spacial score (nSPS) is 14.0. The number of carbonyl (C=O) groups excluding carboxylic acids is 1. The smallest absolute Gasteiger partial charge is 0.413 e. The molecule has 1 fully saturated rings. The van der Waals surface area contributed by atoms with E-state index >= 15 is 0 Å². The molecule has 1 saturated carbocycles. The molecule has 5 nitrogen and oxygen atoms in total. The van der Waals surface area contributed by atoms with Crippen molar-refractivity contribution in [3.8, 4) is 5.75 Å². The predicted molar refractivity (Wildman–Crippen MR) is 90.5 cm³/mol. The number of aromatic nitrogens is 1. The van der Waals surface area contributed by atoms with Crippen LogP contribution >= 0.6 is 15.9 Å². The van der Waals surface area contributed by atoms with Gasteiger partial charge in [-0.3, -0.25) is 5.32 Å². The van der Waals surface area contributed by atoms with Crippen molar-refractivity contribution in [1.82, 2.24) is 4.98 Å². The number of nitrogens with zero attached hydrogens (tertiary/aromatic N) is 1. The molecule has 0 bridgehead atoms. The van der Waals surface area contributed by atoms with Crippen LogP contribution in [-0.2, 0) is 11.3 Å². The number of anilines is 1. The second kappa shape index (κ2) is 7.46. The zero-order chi connectivity index (χ0) is 16.1. The molecule has 1 heterocycles. The van der Waals surface area contributed by atoms with E-state index in [1.807, 2.05) is 30.3 Å². The summed E-state index contributed by atoms with van der Waals surface area (Å²) >= 11 is 3.41. The number of benzene rings is 1. The van der Waals surface area contributed by atoms with Gasteiger partial charge in [0.15, 0.2) is 0 Å². The van der Waals surface area contributed by atoms with Crippen molar-refractivity contribution in [3.05, 3.63) is 52.6 Å². The number of nitrogens with one attached hydrogen (secondary N) is 1. The highest BCUT2D eigenvalue weighted by molar-refractivity contribution is 9.10. The fourth-order valence-electron chi connectivity index (χ4n) is 2.11. The van der Waals surface area contributed by atoms with Crippen LogP contribution in [-0.4, -0.2) is 17.2 Å². The summed E-state index contributed by atoms with van der Waals surface area (Å²) < 4.78 is 11.8. The second-order valence-corrected chi connectivity index (χ2v) is 6.21. The number of halogens is 1. The molecule has 0 saturated heterocycles. The third-order valence-electron chi connectivity index (χ3n) is 3.61. The van der Waals surface area contributed by atoms with Gasteiger partial charge in [0.25, 0.3) is 0 Å². The average Bonchev–Trinajstić information content (AvgIpc) is 2.52. The molecule has 0 radical (unpaired) electrons. The van der Waals surface area contributed by atoms with Gasteiger partial charge in [-0.15, -0.1) is 0 Å². The molecule has 1 aromatic carbocycles. The van der Waals surface area contributed by atoms with Crippen LogP contribution in [0.3, 0.4) is 0 Å². The van der Waals surface area contributed by atoms with Gasteiger partial charge < -0.3 is 9.47 Å². The monoisotopic (exact) mass is 376 g/mol. The van der Waals surface area contributed by atoms with Gasteiger partial charge in [0, 0.05) is 12.3 Å². The van der Waals surface area contributed by atoms with Gasteiger partial charge in [-0.1, -0.05) is 30.3 Å². The van der Waals surface area contributed by atoms with Gasteiger partial charge in [0.05, 0.1) is 10.6 Å². The molecule has 0 atom stereocenters. The lowest BCUT2D eigenvalue weighted by Gasteiger charge is -2.26. The average molecular weight is 377 g/mol. The van der Waals surface area contributed by atoms with Gasteiger partial charge in [-0.05, 0) is 40.8 Å². The Hall–Kier alpha value is -2.08. The topological polar surface area (TPSA) is 60.5 Å². The summed E-state index contributed by atoms with van der Waals surface area (Å²) in [7, 11) is 0. The highest BCUT2D eigenvalue weighted by Gasteiger charge is 2.20. The first-order chi connectivity index (χ1) is 11.2. The van der Waals surface area contributed by atoms with Crippen LogP contribution in [0.2, 0.25) is 0 Å². The molecule has 120 valence electrons. The fraction of sp³-hybridized carbons (Fsp3) is 0.294. The maximum Gasteiger partial charge on any atom is 0.413 e. The molecular weight excluding hydrogens is 360 g/mol. The number of rotatable bonds is 5. The quantitative estimate of drug-likeness (QED) is 0.832. The first-order valence-electron chi connectivity index (χ1n) is 7.50. The van der Waals surface area contributed by atoms with Crippen molar-refractivity contribution in [2.45, 2.75) is 32.0 Å². The molecule has 2 aromatic rings. The minimum Gasteiger partial charge on any atom is -0.489 e. The Balaban J connectivity index is 1.56. The number of amides is 1. The van der Waals surface area contributed by atoms with Crippen LogP contribution in [0, 0.1) is 0 Å². The molecule has 1 aliphatic rings. The van der Waals surface area contributed by atoms with Gasteiger partial charge in [-0.25, -0.2) is 9.78 Å². The van der Waals surface area contributed by atoms with Crippen molar-refractivity contribution in [2.75, 3.05) is 5.32 Å². The molecule has 0 spiro atoms. The summed E-state index contributed by atoms with van der Waals surface area (Å²) in [5.74, 6) is 1.09. The van der Waals surface area contributed by atoms with Crippen molar-refractivity contribution in [1.29, 1.82) is 0 Å². The van der Waals surface area contributed by atoms with E-state index in [1.54, 1.807) is 12.3 Å². The van der Waals surface area contributed by atoms with E-state index in [0.29, 0.717) is 11.6 Å². The Labute approximate surface area is 143 Å². The number of ether oxygens (including phenoxy) is 2. The molecule has 1 amide bonds. The second-order valence-electron chi connectivity index (χ2n) is 5.36. The van der Waals surface area contributed by atoms with Gasteiger partial charge in [0.2, 0.25) is 0 Å². The molecule has 1 N–H and O–H groups in total. The number of carbonyl (C=O) groups is 1. The number of pyridine rings is 1. The first-order valence-corrected chi connectivity index (χ1v) is 8.30. The number of hydrogen-bond donors (Lipinski definition) is 1. The summed E-state index contributed by atoms with van der Waals surface area (Å²) in [5.41, 5.74) is 0.931. The van der Waals surface area contributed by atoms with E-state index in [0.717, 1.165) is 22.9 Å². The lowest BCUT2D eigenvalue weighted by Crippen LogP contribution is -2.24. The van der Waals surface area contributed by atoms with Crippen molar-refractivity contribution in [2.24, 2.45) is 0 Å². The molecule has 1 aliphatic carbocycles. The van der Waals surface area contributed by atoms with Crippen LogP contribution in [0.1, 0.15) is 24.8 Å². The Morgan fingerprint density at radius 3 is 2.78 bits per heavy atom. The molecule has 1 aromatic heterocycles. The Morgan fingerprint density at radius 2 is 2.09 bits per heavy atom. The summed E-state index contributed by atoms with van der Waals surface area (Å²) in [4.78, 5) is 16.0. The van der Waals surface area contributed by atoms with Crippen LogP contribution in [0.4, 0.5) is 10.6 Å². The van der Waals surface area contributed by atoms with Gasteiger partial charge >= 0.3 is 6.09 Å². The standard InChI is InChI=1S/C17H17BrN2O3/c18-14-10-19-16(9-15(14)23-13-7-4-8-13)20-17(21)22-11-12-5-2-1-3-6-12/h1-3,5-6,9-10,13H,4,7-8,11H2,(H,19,20,21). The van der Waals surface area contributed by atoms with Crippen molar-refractivity contribution in [3.63, 3.8) is 0 Å². The first kappa shape index (κ1) is 15.8. The third kappa shape index (κ3) is 4.45. The van der Waals surface area contributed by atoms with Gasteiger partial charge in [0.1, 0.15) is 18.2 Å². The Bertz CT molecular complexity index is 675. The van der Waals surface area contributed by atoms with Gasteiger partial charge in [-0.2, -0.15) is 0 Å². The highest BCUT2D eigenvalue weighted by Crippen LogP contribution is 2.31. The molecule has 6 heteroatoms. The number of hydrogen-bond acceptors (Lipinski definition) is 4. The highest BCUT2D eigenvalue weighted by atomic mass is 79.9. The van der Waals surface area contributed by atoms with Crippen LogP contribution in [0.5, 0.6) is 5.75 Å². The zero-order valence-electron chi connectivity index (χ0n) is 12.5. The molecule has 3 rings (SSSR count). The summed E-state index contributed by atoms with van der Waals surface area (Å²) in [6.07, 6.45) is 4.66. The van der Waals surface area contributed by atoms with Crippen molar-refractivity contribution >= 4 is 27.8 Å². The maximum absolute atomic E-state index is 11.8. The van der Waals surface area contributed by atoms with Crippen LogP contribution in [0.25, 0.3) is 0 Å². The zero-order valence-corrected chi connectivity index (χ0v) is 14.1. The van der Waals surface area contributed by atoms with E-state index in [4.69, 9.17) is 9.47 Å². The fourth-order valence-corrected chi connectivity index (χ4v) is 2.42. The SMILES string of the molecule is O=C(Nc1cc(OC2CCC2)c(Br)cn1)OCc1ccccc1. The maximum atomic E-state index is 11.8. The minimum atomic E-state index is -0.543. The summed E-state index contributed by atoms with van der Waals surface area (Å²) in [5, 5.41) is 2.62. The predicted octanol–water partition coefficient (Wildman–Crippen LogP) is 4.52. The summed E-state index contributed by atoms with van der Waals surface area (Å²) in [6, 6.07) is 11.2. The molecule has 0 aliphatic heterocycles. The molecular formula is C17H17BrN2O3. The van der Waals surface area contributed by atoms with E-state index in [1.165, 1.54) is 6.42 Å². The Morgan fingerprint density at radius 1 is 1.30 bits per heavy atom. The van der Waals surface area contributed by atoms with E-state index < -0.39 is 6.09 Å². The molecule has 23 heavy (non-hydrogen) atoms. The Kier molecular flexibility index (Phi) is 5.12. The molecule has 0 unspecified atom stereocenters. The van der Waals surface area contributed by atoms with E-state index in [2.05, 4.69) is 26.2 Å². The van der Waals surface area contributed by atoms with Crippen LogP contribution < -0.4 is 10.1 Å². The lowest BCUT2D eigenvalue weighted by atomic mass is 9.96. The van der Waals surface area contributed by atoms with Crippen LogP contribution in [0.15, 0.2) is 47.1 Å². The largest absolute Gasteiger partial charge is 0.489 e. The van der Waals surface area contributed by atoms with Crippen molar-refractivity contribution < 1.29 is 14.3 Å².